The fraction of sp³-hybridized carbons (Fsp3) is 0.375. The molecular weight excluding hydrogens is 368 g/mol. The SMILES string of the molecule is CCC(NC(=O)CCc1c(C)noc1Cl)c1ccc(Br)cc1. The summed E-state index contributed by atoms with van der Waals surface area (Å²) in [7, 11) is 0. The minimum absolute atomic E-state index is 0.00793. The van der Waals surface area contributed by atoms with Gasteiger partial charge in [-0.1, -0.05) is 40.1 Å². The molecule has 6 heteroatoms. The summed E-state index contributed by atoms with van der Waals surface area (Å²) < 4.78 is 5.91. The van der Waals surface area contributed by atoms with Crippen LogP contribution < -0.4 is 5.32 Å². The van der Waals surface area contributed by atoms with Crippen molar-refractivity contribution in [1.82, 2.24) is 10.5 Å². The molecule has 0 fully saturated rings. The van der Waals surface area contributed by atoms with E-state index in [-0.39, 0.29) is 17.2 Å². The van der Waals surface area contributed by atoms with E-state index in [0.717, 1.165) is 27.7 Å². The second-order valence-electron chi connectivity index (χ2n) is 5.10. The lowest BCUT2D eigenvalue weighted by Gasteiger charge is -2.17. The summed E-state index contributed by atoms with van der Waals surface area (Å²) in [5.74, 6) is -0.00793. The predicted molar refractivity (Wildman–Crippen MR) is 89.9 cm³/mol. The van der Waals surface area contributed by atoms with Gasteiger partial charge in [-0.15, -0.1) is 0 Å². The molecule has 1 N–H and O–H groups in total. The van der Waals surface area contributed by atoms with Crippen molar-refractivity contribution in [3.8, 4) is 0 Å². The minimum atomic E-state index is -0.00793. The number of aromatic nitrogens is 1. The van der Waals surface area contributed by atoms with Gasteiger partial charge in [0.05, 0.1) is 11.7 Å². The Hall–Kier alpha value is -1.33. The molecule has 0 bridgehead atoms. The van der Waals surface area contributed by atoms with Crippen LogP contribution in [0.3, 0.4) is 0 Å². The molecule has 1 aromatic heterocycles. The number of nitrogens with one attached hydrogen (secondary N) is 1. The highest BCUT2D eigenvalue weighted by Gasteiger charge is 2.15. The van der Waals surface area contributed by atoms with Gasteiger partial charge in [0.25, 0.3) is 0 Å². The topological polar surface area (TPSA) is 55.1 Å². The van der Waals surface area contributed by atoms with Gasteiger partial charge in [0.15, 0.2) is 0 Å². The van der Waals surface area contributed by atoms with Crippen LogP contribution in [0.5, 0.6) is 0 Å². The third kappa shape index (κ3) is 4.34. The van der Waals surface area contributed by atoms with Crippen molar-refractivity contribution in [3.05, 3.63) is 50.8 Å². The van der Waals surface area contributed by atoms with Crippen LogP contribution in [0.4, 0.5) is 0 Å². The first-order valence-corrected chi connectivity index (χ1v) is 8.33. The molecule has 1 atom stereocenters. The first-order valence-electron chi connectivity index (χ1n) is 7.16. The summed E-state index contributed by atoms with van der Waals surface area (Å²) in [5, 5.41) is 7.11. The highest BCUT2D eigenvalue weighted by molar-refractivity contribution is 9.10. The molecule has 118 valence electrons. The van der Waals surface area contributed by atoms with Crippen LogP contribution in [0.1, 0.15) is 42.6 Å². The Bertz CT molecular complexity index is 621. The molecule has 1 aromatic carbocycles. The summed E-state index contributed by atoms with van der Waals surface area (Å²) >= 11 is 9.32. The maximum Gasteiger partial charge on any atom is 0.229 e. The van der Waals surface area contributed by atoms with Gasteiger partial charge in [0.1, 0.15) is 0 Å². The highest BCUT2D eigenvalue weighted by Crippen LogP contribution is 2.22. The van der Waals surface area contributed by atoms with E-state index in [0.29, 0.717) is 12.8 Å². The molecule has 4 nitrogen and oxygen atoms in total. The number of nitrogens with zero attached hydrogens (tertiary/aromatic N) is 1. The number of amides is 1. The van der Waals surface area contributed by atoms with Gasteiger partial charge in [-0.25, -0.2) is 0 Å². The lowest BCUT2D eigenvalue weighted by Crippen LogP contribution is -2.28. The summed E-state index contributed by atoms with van der Waals surface area (Å²) in [5.41, 5.74) is 2.63. The molecule has 2 aromatic rings. The average Bonchev–Trinajstić information content (AvgIpc) is 2.82. The van der Waals surface area contributed by atoms with Gasteiger partial charge in [-0.2, -0.15) is 0 Å². The molecule has 1 unspecified atom stereocenters. The fourth-order valence-electron chi connectivity index (χ4n) is 2.26. The van der Waals surface area contributed by atoms with Gasteiger partial charge >= 0.3 is 0 Å². The van der Waals surface area contributed by atoms with E-state index < -0.39 is 0 Å². The summed E-state index contributed by atoms with van der Waals surface area (Å²) in [4.78, 5) is 12.2. The highest BCUT2D eigenvalue weighted by atomic mass is 79.9. The number of hydrogen-bond acceptors (Lipinski definition) is 3. The molecule has 0 radical (unpaired) electrons. The molecule has 0 aliphatic rings. The number of benzene rings is 1. The molecule has 0 saturated heterocycles. The Morgan fingerprint density at radius 3 is 2.64 bits per heavy atom. The fourth-order valence-corrected chi connectivity index (χ4v) is 2.79. The van der Waals surface area contributed by atoms with Crippen LogP contribution in [-0.4, -0.2) is 11.1 Å². The normalized spacial score (nSPS) is 12.2. The predicted octanol–water partition coefficient (Wildman–Crippen LogP) is 4.60. The van der Waals surface area contributed by atoms with E-state index >= 15 is 0 Å². The Labute approximate surface area is 143 Å². The molecule has 0 saturated carbocycles. The summed E-state index contributed by atoms with van der Waals surface area (Å²) in [6.07, 6.45) is 1.71. The number of carbonyl (C=O) groups is 1. The average molecular weight is 386 g/mol. The number of halogens is 2. The number of carbonyl (C=O) groups excluding carboxylic acids is 1. The molecular formula is C16H18BrClN2O2. The van der Waals surface area contributed by atoms with Gasteiger partial charge in [-0.3, -0.25) is 4.79 Å². The molecule has 1 amide bonds. The van der Waals surface area contributed by atoms with Crippen molar-refractivity contribution in [1.29, 1.82) is 0 Å². The van der Waals surface area contributed by atoms with Crippen LogP contribution >= 0.6 is 27.5 Å². The van der Waals surface area contributed by atoms with E-state index in [1.165, 1.54) is 0 Å². The quantitative estimate of drug-likeness (QED) is 0.790. The van der Waals surface area contributed by atoms with Crippen molar-refractivity contribution in [2.24, 2.45) is 0 Å². The standard InChI is InChI=1S/C16H18BrClN2O2/c1-3-14(11-4-6-12(17)7-5-11)19-15(21)9-8-13-10(2)20-22-16(13)18/h4-7,14H,3,8-9H2,1-2H3,(H,19,21). The third-order valence-electron chi connectivity index (χ3n) is 3.55. The molecule has 1 heterocycles. The lowest BCUT2D eigenvalue weighted by atomic mass is 10.0. The zero-order valence-corrected chi connectivity index (χ0v) is 14.9. The Balaban J connectivity index is 1.94. The van der Waals surface area contributed by atoms with Crippen molar-refractivity contribution >= 4 is 33.4 Å². The molecule has 22 heavy (non-hydrogen) atoms. The van der Waals surface area contributed by atoms with Crippen LogP contribution in [0.2, 0.25) is 5.22 Å². The molecule has 0 aliphatic carbocycles. The van der Waals surface area contributed by atoms with Crippen LogP contribution in [0, 0.1) is 6.92 Å². The van der Waals surface area contributed by atoms with E-state index in [1.54, 1.807) is 0 Å². The van der Waals surface area contributed by atoms with Crippen molar-refractivity contribution in [3.63, 3.8) is 0 Å². The zero-order valence-electron chi connectivity index (χ0n) is 12.5. The summed E-state index contributed by atoms with van der Waals surface area (Å²) in [6.45, 7) is 3.87. The lowest BCUT2D eigenvalue weighted by molar-refractivity contribution is -0.121. The van der Waals surface area contributed by atoms with Gasteiger partial charge in [0.2, 0.25) is 11.1 Å². The molecule has 0 spiro atoms. The Kier molecular flexibility index (Phi) is 6.03. The maximum absolute atomic E-state index is 12.2. The first kappa shape index (κ1) is 17.0. The smallest absolute Gasteiger partial charge is 0.229 e. The van der Waals surface area contributed by atoms with E-state index in [1.807, 2.05) is 38.1 Å². The van der Waals surface area contributed by atoms with E-state index in [4.69, 9.17) is 16.1 Å². The van der Waals surface area contributed by atoms with Crippen molar-refractivity contribution in [2.75, 3.05) is 0 Å². The largest absolute Gasteiger partial charge is 0.349 e. The van der Waals surface area contributed by atoms with Crippen molar-refractivity contribution < 1.29 is 9.32 Å². The second kappa shape index (κ2) is 7.79. The Morgan fingerprint density at radius 2 is 2.09 bits per heavy atom. The van der Waals surface area contributed by atoms with E-state index in [9.17, 15) is 4.79 Å². The van der Waals surface area contributed by atoms with Crippen LogP contribution in [0.15, 0.2) is 33.3 Å². The number of aryl methyl sites for hydroxylation is 1. The van der Waals surface area contributed by atoms with Gasteiger partial charge < -0.3 is 9.84 Å². The van der Waals surface area contributed by atoms with Crippen molar-refractivity contribution in [2.45, 2.75) is 39.2 Å². The zero-order chi connectivity index (χ0) is 16.1. The van der Waals surface area contributed by atoms with Gasteiger partial charge in [0, 0.05) is 16.5 Å². The molecule has 2 rings (SSSR count). The number of rotatable bonds is 6. The second-order valence-corrected chi connectivity index (χ2v) is 6.36. The number of hydrogen-bond donors (Lipinski definition) is 1. The first-order chi connectivity index (χ1) is 10.5. The van der Waals surface area contributed by atoms with Crippen LogP contribution in [-0.2, 0) is 11.2 Å². The Morgan fingerprint density at radius 1 is 1.41 bits per heavy atom. The third-order valence-corrected chi connectivity index (χ3v) is 4.38. The van der Waals surface area contributed by atoms with Crippen LogP contribution in [0.25, 0.3) is 0 Å². The monoisotopic (exact) mass is 384 g/mol. The van der Waals surface area contributed by atoms with Gasteiger partial charge in [-0.05, 0) is 49.1 Å². The minimum Gasteiger partial charge on any atom is -0.349 e. The maximum atomic E-state index is 12.2. The molecule has 0 aliphatic heterocycles. The summed E-state index contributed by atoms with van der Waals surface area (Å²) in [6, 6.07) is 7.99. The van der Waals surface area contributed by atoms with E-state index in [2.05, 4.69) is 26.4 Å².